The van der Waals surface area contributed by atoms with Crippen molar-refractivity contribution in [2.75, 3.05) is 5.75 Å². The van der Waals surface area contributed by atoms with Crippen LogP contribution in [0.3, 0.4) is 0 Å². The van der Waals surface area contributed by atoms with Crippen molar-refractivity contribution in [2.24, 2.45) is 0 Å². The Bertz CT molecular complexity index is 738. The van der Waals surface area contributed by atoms with Crippen LogP contribution in [0.2, 0.25) is 10.0 Å². The standard InChI is InChI=1S/C17H15Cl2NOS/c18-10-4-3-9(8-11(10)19)15-16-12(5-6-14(16)21)20-13-2-1-7-22-17(13)15/h3-4,8,15,20H,1-2,5-7H2. The van der Waals surface area contributed by atoms with Gasteiger partial charge in [0.25, 0.3) is 0 Å². The molecule has 3 aliphatic rings. The number of hydrogen-bond acceptors (Lipinski definition) is 3. The molecule has 22 heavy (non-hydrogen) atoms. The van der Waals surface area contributed by atoms with E-state index >= 15 is 0 Å². The van der Waals surface area contributed by atoms with E-state index in [1.807, 2.05) is 30.0 Å². The number of hydrogen-bond donors (Lipinski definition) is 1. The minimum absolute atomic E-state index is 0.0290. The molecule has 114 valence electrons. The molecule has 0 saturated carbocycles. The number of halogens is 2. The maximum atomic E-state index is 12.4. The number of carbonyl (C=O) groups is 1. The van der Waals surface area contributed by atoms with Gasteiger partial charge in [0, 0.05) is 34.2 Å². The zero-order chi connectivity index (χ0) is 15.3. The van der Waals surface area contributed by atoms with Crippen molar-refractivity contribution in [3.05, 3.63) is 55.7 Å². The highest BCUT2D eigenvalue weighted by Crippen LogP contribution is 2.50. The van der Waals surface area contributed by atoms with Gasteiger partial charge in [0.05, 0.1) is 10.0 Å². The first-order valence-corrected chi connectivity index (χ1v) is 9.23. The van der Waals surface area contributed by atoms with Crippen molar-refractivity contribution in [1.82, 2.24) is 5.32 Å². The maximum Gasteiger partial charge on any atom is 0.161 e. The number of allylic oxidation sites excluding steroid dienone is 4. The Morgan fingerprint density at radius 1 is 1.09 bits per heavy atom. The Morgan fingerprint density at radius 3 is 2.77 bits per heavy atom. The Morgan fingerprint density at radius 2 is 1.95 bits per heavy atom. The molecule has 0 saturated heterocycles. The molecule has 1 unspecified atom stereocenters. The molecule has 2 heterocycles. The van der Waals surface area contributed by atoms with Crippen molar-refractivity contribution < 1.29 is 4.79 Å². The second kappa shape index (κ2) is 5.63. The van der Waals surface area contributed by atoms with Crippen LogP contribution in [0.15, 0.2) is 40.1 Å². The second-order valence-electron chi connectivity index (χ2n) is 5.84. The average Bonchev–Trinajstić information content (AvgIpc) is 2.89. The summed E-state index contributed by atoms with van der Waals surface area (Å²) < 4.78 is 0. The van der Waals surface area contributed by atoms with Crippen LogP contribution in [-0.2, 0) is 4.79 Å². The van der Waals surface area contributed by atoms with Gasteiger partial charge in [-0.15, -0.1) is 11.8 Å². The minimum atomic E-state index is 0.0290. The van der Waals surface area contributed by atoms with Gasteiger partial charge in [0.15, 0.2) is 5.78 Å². The fourth-order valence-electron chi connectivity index (χ4n) is 3.49. The van der Waals surface area contributed by atoms with Gasteiger partial charge in [-0.25, -0.2) is 0 Å². The third-order valence-electron chi connectivity index (χ3n) is 4.48. The van der Waals surface area contributed by atoms with E-state index in [4.69, 9.17) is 23.2 Å². The predicted octanol–water partition coefficient (Wildman–Crippen LogP) is 5.04. The second-order valence-corrected chi connectivity index (χ2v) is 7.79. The Balaban J connectivity index is 1.87. The summed E-state index contributed by atoms with van der Waals surface area (Å²) in [6, 6.07) is 5.74. The van der Waals surface area contributed by atoms with Crippen molar-refractivity contribution in [2.45, 2.75) is 31.6 Å². The molecule has 1 aromatic rings. The van der Waals surface area contributed by atoms with E-state index in [1.165, 1.54) is 17.0 Å². The molecule has 2 aliphatic heterocycles. The van der Waals surface area contributed by atoms with Crippen LogP contribution in [0.1, 0.15) is 37.2 Å². The zero-order valence-electron chi connectivity index (χ0n) is 11.9. The molecular formula is C17H15Cl2NOS. The van der Waals surface area contributed by atoms with E-state index in [-0.39, 0.29) is 11.7 Å². The molecule has 0 aromatic heterocycles. The Kier molecular flexibility index (Phi) is 3.75. The van der Waals surface area contributed by atoms with Crippen LogP contribution in [0, 0.1) is 0 Å². The van der Waals surface area contributed by atoms with Crippen molar-refractivity contribution in [1.29, 1.82) is 0 Å². The smallest absolute Gasteiger partial charge is 0.161 e. The molecule has 0 spiro atoms. The van der Waals surface area contributed by atoms with Crippen molar-refractivity contribution in [3.8, 4) is 0 Å². The lowest BCUT2D eigenvalue weighted by molar-refractivity contribution is -0.115. The number of benzene rings is 1. The Labute approximate surface area is 143 Å². The number of dihydropyridines is 1. The molecular weight excluding hydrogens is 337 g/mol. The molecule has 1 N–H and O–H groups in total. The van der Waals surface area contributed by atoms with E-state index in [1.54, 1.807) is 0 Å². The average molecular weight is 352 g/mol. The third kappa shape index (κ3) is 2.31. The number of nitrogens with one attached hydrogen (secondary N) is 1. The quantitative estimate of drug-likeness (QED) is 0.768. The highest BCUT2D eigenvalue weighted by Gasteiger charge is 2.39. The lowest BCUT2D eigenvalue weighted by atomic mass is 9.85. The number of Topliss-reactive ketones (excluding diaryl/α,β-unsaturated/α-hetero) is 1. The van der Waals surface area contributed by atoms with Crippen molar-refractivity contribution in [3.63, 3.8) is 0 Å². The van der Waals surface area contributed by atoms with Crippen LogP contribution in [0.4, 0.5) is 0 Å². The number of carbonyl (C=O) groups excluding carboxylic acids is 1. The first-order chi connectivity index (χ1) is 10.6. The summed E-state index contributed by atoms with van der Waals surface area (Å²) >= 11 is 14.1. The maximum absolute atomic E-state index is 12.4. The van der Waals surface area contributed by atoms with E-state index in [0.717, 1.165) is 35.4 Å². The van der Waals surface area contributed by atoms with E-state index in [9.17, 15) is 4.79 Å². The molecule has 0 radical (unpaired) electrons. The van der Waals surface area contributed by atoms with Gasteiger partial charge in [0.2, 0.25) is 0 Å². The van der Waals surface area contributed by atoms with E-state index in [0.29, 0.717) is 16.5 Å². The van der Waals surface area contributed by atoms with Gasteiger partial charge in [-0.05, 0) is 42.7 Å². The first-order valence-electron chi connectivity index (χ1n) is 7.49. The van der Waals surface area contributed by atoms with Crippen LogP contribution in [0.25, 0.3) is 0 Å². The molecule has 0 amide bonds. The van der Waals surface area contributed by atoms with Crippen LogP contribution >= 0.6 is 35.0 Å². The highest BCUT2D eigenvalue weighted by molar-refractivity contribution is 8.03. The van der Waals surface area contributed by atoms with Gasteiger partial charge < -0.3 is 5.32 Å². The lowest BCUT2D eigenvalue weighted by Gasteiger charge is -2.33. The fourth-order valence-corrected chi connectivity index (χ4v) is 5.05. The topological polar surface area (TPSA) is 29.1 Å². The number of thioether (sulfide) groups is 1. The third-order valence-corrected chi connectivity index (χ3v) is 6.51. The predicted molar refractivity (Wildman–Crippen MR) is 92.3 cm³/mol. The van der Waals surface area contributed by atoms with Crippen LogP contribution in [-0.4, -0.2) is 11.5 Å². The van der Waals surface area contributed by atoms with Gasteiger partial charge in [0.1, 0.15) is 0 Å². The molecule has 0 bridgehead atoms. The summed E-state index contributed by atoms with van der Waals surface area (Å²) in [5, 5.41) is 4.63. The fraction of sp³-hybridized carbons (Fsp3) is 0.353. The highest BCUT2D eigenvalue weighted by atomic mass is 35.5. The molecule has 4 rings (SSSR count). The molecule has 1 aromatic carbocycles. The normalized spacial score (nSPS) is 24.3. The van der Waals surface area contributed by atoms with Gasteiger partial charge >= 0.3 is 0 Å². The number of rotatable bonds is 1. The van der Waals surface area contributed by atoms with Crippen LogP contribution in [0.5, 0.6) is 0 Å². The number of ketones is 1. The summed E-state index contributed by atoms with van der Waals surface area (Å²) in [5.41, 5.74) is 4.41. The van der Waals surface area contributed by atoms with Gasteiger partial charge in [-0.2, -0.15) is 0 Å². The lowest BCUT2D eigenvalue weighted by Crippen LogP contribution is -2.27. The zero-order valence-corrected chi connectivity index (χ0v) is 14.2. The monoisotopic (exact) mass is 351 g/mol. The first kappa shape index (κ1) is 14.7. The van der Waals surface area contributed by atoms with Gasteiger partial charge in [-0.1, -0.05) is 29.3 Å². The van der Waals surface area contributed by atoms with E-state index < -0.39 is 0 Å². The summed E-state index contributed by atoms with van der Waals surface area (Å²) in [7, 11) is 0. The van der Waals surface area contributed by atoms with Gasteiger partial charge in [-0.3, -0.25) is 4.79 Å². The van der Waals surface area contributed by atoms with Crippen molar-refractivity contribution >= 4 is 40.7 Å². The van der Waals surface area contributed by atoms with E-state index in [2.05, 4.69) is 5.32 Å². The van der Waals surface area contributed by atoms with Crippen LogP contribution < -0.4 is 5.32 Å². The summed E-state index contributed by atoms with van der Waals surface area (Å²) in [6.07, 6.45) is 3.68. The minimum Gasteiger partial charge on any atom is -0.361 e. The Hall–Kier alpha value is -0.900. The summed E-state index contributed by atoms with van der Waals surface area (Å²) in [6.45, 7) is 0. The molecule has 1 aliphatic carbocycles. The molecule has 2 nitrogen and oxygen atoms in total. The SMILES string of the molecule is O=C1CCC2=C1C(c1ccc(Cl)c(Cl)c1)C1=C(CCCS1)N2. The molecule has 0 fully saturated rings. The molecule has 1 atom stereocenters. The largest absolute Gasteiger partial charge is 0.361 e. The summed E-state index contributed by atoms with van der Waals surface area (Å²) in [4.78, 5) is 13.7. The summed E-state index contributed by atoms with van der Waals surface area (Å²) in [5.74, 6) is 1.40. The molecule has 5 heteroatoms.